The van der Waals surface area contributed by atoms with Gasteiger partial charge in [-0.3, -0.25) is 4.90 Å². The topological polar surface area (TPSA) is 49.5 Å². The first-order valence-corrected chi connectivity index (χ1v) is 6.49. The molecule has 3 N–H and O–H groups in total. The van der Waals surface area contributed by atoms with Crippen molar-refractivity contribution in [2.24, 2.45) is 11.7 Å². The molecule has 3 atom stereocenters. The number of hydrogen-bond donors (Lipinski definition) is 2. The van der Waals surface area contributed by atoms with Crippen molar-refractivity contribution in [3.8, 4) is 0 Å². The second kappa shape index (κ2) is 5.78. The van der Waals surface area contributed by atoms with E-state index in [0.717, 1.165) is 25.1 Å². The summed E-state index contributed by atoms with van der Waals surface area (Å²) in [5.74, 6) is 0.0739. The first kappa shape index (κ1) is 13.5. The van der Waals surface area contributed by atoms with Crippen LogP contribution in [0.15, 0.2) is 24.3 Å². The van der Waals surface area contributed by atoms with Crippen LogP contribution < -0.4 is 5.73 Å². The SMILES string of the molecule is CC(O)C1CCN(C(CN)c2cccc(F)c2)C1. The summed E-state index contributed by atoms with van der Waals surface area (Å²) >= 11 is 0. The van der Waals surface area contributed by atoms with Crippen LogP contribution in [0.2, 0.25) is 0 Å². The predicted octanol–water partition coefficient (Wildman–Crippen LogP) is 1.53. The summed E-state index contributed by atoms with van der Waals surface area (Å²) < 4.78 is 13.3. The van der Waals surface area contributed by atoms with Crippen LogP contribution in [0, 0.1) is 11.7 Å². The van der Waals surface area contributed by atoms with Crippen molar-refractivity contribution in [2.75, 3.05) is 19.6 Å². The third-order valence-corrected chi connectivity index (χ3v) is 3.84. The van der Waals surface area contributed by atoms with E-state index < -0.39 is 0 Å². The van der Waals surface area contributed by atoms with Crippen LogP contribution in [0.4, 0.5) is 4.39 Å². The molecule has 4 heteroatoms. The van der Waals surface area contributed by atoms with E-state index in [1.165, 1.54) is 6.07 Å². The minimum atomic E-state index is -0.291. The second-order valence-electron chi connectivity index (χ2n) is 5.09. The molecule has 2 rings (SSSR count). The molecule has 0 bridgehead atoms. The van der Waals surface area contributed by atoms with Gasteiger partial charge in [0.1, 0.15) is 5.82 Å². The molecule has 0 aromatic heterocycles. The zero-order valence-electron chi connectivity index (χ0n) is 10.7. The number of aliphatic hydroxyl groups excluding tert-OH is 1. The minimum Gasteiger partial charge on any atom is -0.393 e. The van der Waals surface area contributed by atoms with Gasteiger partial charge in [-0.25, -0.2) is 4.39 Å². The third kappa shape index (κ3) is 2.88. The summed E-state index contributed by atoms with van der Waals surface area (Å²) in [6.07, 6.45) is 0.685. The van der Waals surface area contributed by atoms with Crippen molar-refractivity contribution in [2.45, 2.75) is 25.5 Å². The molecular weight excluding hydrogens is 231 g/mol. The van der Waals surface area contributed by atoms with E-state index in [1.807, 2.05) is 13.0 Å². The molecule has 100 valence electrons. The van der Waals surface area contributed by atoms with Crippen molar-refractivity contribution in [3.05, 3.63) is 35.6 Å². The lowest BCUT2D eigenvalue weighted by atomic mass is 10.0. The summed E-state index contributed by atoms with van der Waals surface area (Å²) in [7, 11) is 0. The van der Waals surface area contributed by atoms with Gasteiger partial charge in [0.15, 0.2) is 0 Å². The molecule has 18 heavy (non-hydrogen) atoms. The van der Waals surface area contributed by atoms with Crippen molar-refractivity contribution in [1.29, 1.82) is 0 Å². The maximum Gasteiger partial charge on any atom is 0.123 e. The molecule has 1 aliphatic rings. The van der Waals surface area contributed by atoms with Gasteiger partial charge in [-0.05, 0) is 43.5 Å². The van der Waals surface area contributed by atoms with Gasteiger partial charge < -0.3 is 10.8 Å². The fourth-order valence-corrected chi connectivity index (χ4v) is 2.70. The van der Waals surface area contributed by atoms with Crippen molar-refractivity contribution in [1.82, 2.24) is 4.90 Å². The van der Waals surface area contributed by atoms with E-state index in [2.05, 4.69) is 4.90 Å². The average molecular weight is 252 g/mol. The fraction of sp³-hybridized carbons (Fsp3) is 0.571. The molecule has 0 aliphatic carbocycles. The number of nitrogens with zero attached hydrogens (tertiary/aromatic N) is 1. The van der Waals surface area contributed by atoms with E-state index in [9.17, 15) is 9.50 Å². The largest absolute Gasteiger partial charge is 0.393 e. The lowest BCUT2D eigenvalue weighted by molar-refractivity contribution is 0.122. The first-order chi connectivity index (χ1) is 8.61. The monoisotopic (exact) mass is 252 g/mol. The van der Waals surface area contributed by atoms with Gasteiger partial charge in [-0.2, -0.15) is 0 Å². The number of hydrogen-bond acceptors (Lipinski definition) is 3. The molecule has 1 aromatic rings. The van der Waals surface area contributed by atoms with Gasteiger partial charge >= 0.3 is 0 Å². The van der Waals surface area contributed by atoms with E-state index in [0.29, 0.717) is 12.5 Å². The molecule has 1 heterocycles. The Bertz CT molecular complexity index is 397. The van der Waals surface area contributed by atoms with E-state index in [-0.39, 0.29) is 18.0 Å². The number of benzene rings is 1. The molecule has 0 radical (unpaired) electrons. The Hall–Kier alpha value is -0.970. The van der Waals surface area contributed by atoms with Crippen LogP contribution in [0.1, 0.15) is 24.9 Å². The number of rotatable bonds is 4. The summed E-state index contributed by atoms with van der Waals surface area (Å²) in [5.41, 5.74) is 6.75. The highest BCUT2D eigenvalue weighted by Gasteiger charge is 2.30. The average Bonchev–Trinajstić information content (AvgIpc) is 2.80. The van der Waals surface area contributed by atoms with Gasteiger partial charge in [-0.15, -0.1) is 0 Å². The standard InChI is InChI=1S/C14H21FN2O/c1-10(18)12-5-6-17(9-12)14(8-16)11-3-2-4-13(15)7-11/h2-4,7,10,12,14,18H,5-6,8-9,16H2,1H3. The Morgan fingerprint density at radius 2 is 2.33 bits per heavy atom. The molecule has 1 saturated heterocycles. The number of halogens is 1. The minimum absolute atomic E-state index is 0.0458. The molecule has 1 fully saturated rings. The Morgan fingerprint density at radius 3 is 2.89 bits per heavy atom. The van der Waals surface area contributed by atoms with Crippen LogP contribution >= 0.6 is 0 Å². The Kier molecular flexibility index (Phi) is 4.32. The second-order valence-corrected chi connectivity index (χ2v) is 5.09. The molecule has 3 unspecified atom stereocenters. The smallest absolute Gasteiger partial charge is 0.123 e. The summed E-state index contributed by atoms with van der Waals surface area (Å²) in [6, 6.07) is 6.67. The van der Waals surface area contributed by atoms with E-state index >= 15 is 0 Å². The molecule has 3 nitrogen and oxygen atoms in total. The Morgan fingerprint density at radius 1 is 1.56 bits per heavy atom. The highest BCUT2D eigenvalue weighted by molar-refractivity contribution is 5.21. The van der Waals surface area contributed by atoms with Crippen LogP contribution in [0.5, 0.6) is 0 Å². The lowest BCUT2D eigenvalue weighted by Gasteiger charge is -2.27. The van der Waals surface area contributed by atoms with Crippen LogP contribution in [0.3, 0.4) is 0 Å². The Balaban J connectivity index is 2.10. The predicted molar refractivity (Wildman–Crippen MR) is 69.6 cm³/mol. The van der Waals surface area contributed by atoms with Crippen LogP contribution in [-0.2, 0) is 0 Å². The van der Waals surface area contributed by atoms with Crippen LogP contribution in [0.25, 0.3) is 0 Å². The van der Waals surface area contributed by atoms with Gasteiger partial charge in [0.25, 0.3) is 0 Å². The van der Waals surface area contributed by atoms with Crippen molar-refractivity contribution < 1.29 is 9.50 Å². The van der Waals surface area contributed by atoms with Gasteiger partial charge in [0, 0.05) is 19.1 Å². The summed E-state index contributed by atoms with van der Waals surface area (Å²) in [6.45, 7) is 4.04. The number of aliphatic hydroxyl groups is 1. The lowest BCUT2D eigenvalue weighted by Crippen LogP contribution is -2.33. The normalized spacial score (nSPS) is 24.1. The third-order valence-electron chi connectivity index (χ3n) is 3.84. The quantitative estimate of drug-likeness (QED) is 0.854. The van der Waals surface area contributed by atoms with Gasteiger partial charge in [0.05, 0.1) is 6.10 Å². The molecule has 0 saturated carbocycles. The van der Waals surface area contributed by atoms with Gasteiger partial charge in [-0.1, -0.05) is 12.1 Å². The zero-order chi connectivity index (χ0) is 13.1. The molecule has 1 aliphatic heterocycles. The first-order valence-electron chi connectivity index (χ1n) is 6.49. The number of likely N-dealkylation sites (tertiary alicyclic amines) is 1. The molecule has 1 aromatic carbocycles. The highest BCUT2D eigenvalue weighted by atomic mass is 19.1. The van der Waals surface area contributed by atoms with Gasteiger partial charge in [0.2, 0.25) is 0 Å². The number of nitrogens with two attached hydrogens (primary N) is 1. The van der Waals surface area contributed by atoms with Crippen LogP contribution in [-0.4, -0.2) is 35.7 Å². The molecular formula is C14H21FN2O. The summed E-state index contributed by atoms with van der Waals surface area (Å²) in [5, 5.41) is 9.62. The fourth-order valence-electron chi connectivity index (χ4n) is 2.70. The van der Waals surface area contributed by atoms with E-state index in [1.54, 1.807) is 12.1 Å². The van der Waals surface area contributed by atoms with Crippen molar-refractivity contribution in [3.63, 3.8) is 0 Å². The van der Waals surface area contributed by atoms with Crippen molar-refractivity contribution >= 4 is 0 Å². The summed E-state index contributed by atoms with van der Waals surface area (Å²) in [4.78, 5) is 2.24. The maximum absolute atomic E-state index is 13.3. The maximum atomic E-state index is 13.3. The highest BCUT2D eigenvalue weighted by Crippen LogP contribution is 2.28. The van der Waals surface area contributed by atoms with E-state index in [4.69, 9.17) is 5.73 Å². The molecule has 0 spiro atoms. The molecule has 0 amide bonds. The Labute approximate surface area is 107 Å². The zero-order valence-corrected chi connectivity index (χ0v) is 10.7.